The van der Waals surface area contributed by atoms with Gasteiger partial charge in [-0.3, -0.25) is 4.99 Å². The van der Waals surface area contributed by atoms with E-state index in [1.54, 1.807) is 18.0 Å². The molecule has 0 aromatic carbocycles. The normalized spacial score (nSPS) is 11.8. The summed E-state index contributed by atoms with van der Waals surface area (Å²) in [4.78, 5) is 8.39. The number of anilines is 1. The molecule has 6 heteroatoms. The molecule has 96 valence electrons. The Kier molecular flexibility index (Phi) is 7.53. The predicted molar refractivity (Wildman–Crippen MR) is 87.4 cm³/mol. The third-order valence-corrected chi connectivity index (χ3v) is 3.34. The van der Waals surface area contributed by atoms with E-state index < -0.39 is 0 Å². The van der Waals surface area contributed by atoms with Crippen molar-refractivity contribution in [1.82, 2.24) is 4.98 Å². The number of hydrogen-bond donors (Lipinski definition) is 2. The first-order valence-electron chi connectivity index (χ1n) is 5.06. The van der Waals surface area contributed by atoms with E-state index in [-0.39, 0.29) is 28.7 Å². The van der Waals surface area contributed by atoms with Crippen LogP contribution < -0.4 is 11.1 Å². The van der Waals surface area contributed by atoms with E-state index >= 15 is 0 Å². The highest BCUT2D eigenvalue weighted by Gasteiger charge is 2.14. The van der Waals surface area contributed by atoms with Crippen LogP contribution in [0.2, 0.25) is 0 Å². The van der Waals surface area contributed by atoms with Gasteiger partial charge in [-0.05, 0) is 32.2 Å². The third kappa shape index (κ3) is 6.72. The lowest BCUT2D eigenvalue weighted by Crippen LogP contribution is -2.27. The van der Waals surface area contributed by atoms with Gasteiger partial charge in [0.15, 0.2) is 5.96 Å². The van der Waals surface area contributed by atoms with Crippen LogP contribution in [-0.4, -0.2) is 28.5 Å². The number of aromatic nitrogens is 1. The highest BCUT2D eigenvalue weighted by atomic mass is 127. The summed E-state index contributed by atoms with van der Waals surface area (Å²) in [5.41, 5.74) is 5.76. The molecule has 0 bridgehead atoms. The maximum atomic E-state index is 5.76. The highest BCUT2D eigenvalue weighted by Crippen LogP contribution is 2.20. The van der Waals surface area contributed by atoms with Crippen LogP contribution in [0.1, 0.15) is 13.8 Å². The topological polar surface area (TPSA) is 63.3 Å². The summed E-state index contributed by atoms with van der Waals surface area (Å²) in [5, 5.41) is 2.95. The second-order valence-corrected chi connectivity index (χ2v) is 5.52. The van der Waals surface area contributed by atoms with Crippen molar-refractivity contribution in [2.75, 3.05) is 18.1 Å². The van der Waals surface area contributed by atoms with Crippen molar-refractivity contribution in [2.45, 2.75) is 18.6 Å². The summed E-state index contributed by atoms with van der Waals surface area (Å²) < 4.78 is 0.108. The van der Waals surface area contributed by atoms with Crippen molar-refractivity contribution in [3.8, 4) is 0 Å². The molecule has 17 heavy (non-hydrogen) atoms. The van der Waals surface area contributed by atoms with Gasteiger partial charge in [0.05, 0.1) is 6.54 Å². The molecular formula is C11H19IN4S. The van der Waals surface area contributed by atoms with Gasteiger partial charge in [-0.1, -0.05) is 6.07 Å². The fraction of sp³-hybridized carbons (Fsp3) is 0.455. The molecule has 4 nitrogen and oxygen atoms in total. The van der Waals surface area contributed by atoms with Crippen molar-refractivity contribution < 1.29 is 0 Å². The Morgan fingerprint density at radius 1 is 1.53 bits per heavy atom. The van der Waals surface area contributed by atoms with E-state index in [1.165, 1.54) is 0 Å². The molecule has 0 radical (unpaired) electrons. The van der Waals surface area contributed by atoms with Crippen molar-refractivity contribution in [3.63, 3.8) is 0 Å². The summed E-state index contributed by atoms with van der Waals surface area (Å²) in [6, 6.07) is 5.60. The minimum atomic E-state index is 0. The van der Waals surface area contributed by atoms with Crippen LogP contribution in [0.5, 0.6) is 0 Å². The van der Waals surface area contributed by atoms with Crippen LogP contribution in [-0.2, 0) is 0 Å². The van der Waals surface area contributed by atoms with Gasteiger partial charge in [0, 0.05) is 10.9 Å². The monoisotopic (exact) mass is 366 g/mol. The SMILES string of the molecule is CSC(C)(C)CN=C(N)Nc1ccccn1.I. The molecule has 1 aromatic rings. The summed E-state index contributed by atoms with van der Waals surface area (Å²) in [6.45, 7) is 4.95. The van der Waals surface area contributed by atoms with E-state index in [2.05, 4.69) is 35.4 Å². The van der Waals surface area contributed by atoms with Crippen LogP contribution in [0.4, 0.5) is 5.82 Å². The smallest absolute Gasteiger partial charge is 0.194 e. The van der Waals surface area contributed by atoms with E-state index in [9.17, 15) is 0 Å². The van der Waals surface area contributed by atoms with Gasteiger partial charge in [-0.2, -0.15) is 11.8 Å². The summed E-state index contributed by atoms with van der Waals surface area (Å²) in [5.74, 6) is 1.12. The molecule has 0 saturated carbocycles. The van der Waals surface area contributed by atoms with Gasteiger partial charge in [0.2, 0.25) is 0 Å². The van der Waals surface area contributed by atoms with E-state index in [0.29, 0.717) is 18.3 Å². The minimum absolute atomic E-state index is 0. The van der Waals surface area contributed by atoms with Crippen LogP contribution in [0, 0.1) is 0 Å². The van der Waals surface area contributed by atoms with Gasteiger partial charge in [0.25, 0.3) is 0 Å². The largest absolute Gasteiger partial charge is 0.370 e. The predicted octanol–water partition coefficient (Wildman–Crippen LogP) is 2.57. The average molecular weight is 366 g/mol. The first-order valence-corrected chi connectivity index (χ1v) is 6.29. The number of hydrogen-bond acceptors (Lipinski definition) is 3. The van der Waals surface area contributed by atoms with Crippen molar-refractivity contribution >= 4 is 47.5 Å². The van der Waals surface area contributed by atoms with E-state index in [0.717, 1.165) is 0 Å². The number of guanidine groups is 1. The van der Waals surface area contributed by atoms with E-state index in [4.69, 9.17) is 5.73 Å². The number of nitrogens with one attached hydrogen (secondary N) is 1. The molecular weight excluding hydrogens is 347 g/mol. The van der Waals surface area contributed by atoms with Gasteiger partial charge < -0.3 is 11.1 Å². The molecule has 0 aliphatic heterocycles. The molecule has 0 fully saturated rings. The van der Waals surface area contributed by atoms with Gasteiger partial charge >= 0.3 is 0 Å². The molecule has 1 heterocycles. The van der Waals surface area contributed by atoms with Crippen LogP contribution in [0.15, 0.2) is 29.4 Å². The van der Waals surface area contributed by atoms with Crippen molar-refractivity contribution in [3.05, 3.63) is 24.4 Å². The van der Waals surface area contributed by atoms with E-state index in [1.807, 2.05) is 18.2 Å². The number of halogens is 1. The lowest BCUT2D eigenvalue weighted by Gasteiger charge is -2.19. The van der Waals surface area contributed by atoms with Gasteiger partial charge in [0.1, 0.15) is 5.82 Å². The molecule has 0 atom stereocenters. The molecule has 1 aromatic heterocycles. The van der Waals surface area contributed by atoms with Gasteiger partial charge in [-0.15, -0.1) is 24.0 Å². The Labute approximate surface area is 124 Å². The summed E-state index contributed by atoms with van der Waals surface area (Å²) >= 11 is 1.77. The molecule has 0 unspecified atom stereocenters. The lowest BCUT2D eigenvalue weighted by molar-refractivity contribution is 0.726. The van der Waals surface area contributed by atoms with Crippen LogP contribution >= 0.6 is 35.7 Å². The van der Waals surface area contributed by atoms with Gasteiger partial charge in [-0.25, -0.2) is 4.98 Å². The number of thioether (sulfide) groups is 1. The maximum Gasteiger partial charge on any atom is 0.194 e. The highest BCUT2D eigenvalue weighted by molar-refractivity contribution is 14.0. The Morgan fingerprint density at radius 2 is 2.24 bits per heavy atom. The average Bonchev–Trinajstić information content (AvgIpc) is 2.28. The number of nitrogens with two attached hydrogens (primary N) is 1. The zero-order valence-electron chi connectivity index (χ0n) is 10.3. The molecule has 0 spiro atoms. The third-order valence-electron chi connectivity index (χ3n) is 2.10. The summed E-state index contributed by atoms with van der Waals surface area (Å²) in [6.07, 6.45) is 3.78. The Bertz CT molecular complexity index is 354. The second-order valence-electron chi connectivity index (χ2n) is 4.01. The van der Waals surface area contributed by atoms with Crippen molar-refractivity contribution in [1.29, 1.82) is 0 Å². The molecule has 0 aliphatic rings. The van der Waals surface area contributed by atoms with Crippen LogP contribution in [0.25, 0.3) is 0 Å². The Hall–Kier alpha value is -0.500. The number of pyridine rings is 1. The minimum Gasteiger partial charge on any atom is -0.370 e. The van der Waals surface area contributed by atoms with Crippen LogP contribution in [0.3, 0.4) is 0 Å². The number of aliphatic imine (C=N–C) groups is 1. The second kappa shape index (κ2) is 7.75. The molecule has 0 saturated heterocycles. The summed E-state index contributed by atoms with van der Waals surface area (Å²) in [7, 11) is 0. The fourth-order valence-electron chi connectivity index (χ4n) is 0.948. The first-order chi connectivity index (χ1) is 7.53. The number of nitrogens with zero attached hydrogens (tertiary/aromatic N) is 2. The zero-order chi connectivity index (χ0) is 12.0. The Morgan fingerprint density at radius 3 is 2.76 bits per heavy atom. The lowest BCUT2D eigenvalue weighted by atomic mass is 10.2. The standard InChI is InChI=1S/C11H18N4S.HI/c1-11(2,16-3)8-14-10(12)15-9-6-4-5-7-13-9;/h4-7H,8H2,1-3H3,(H3,12,13,14,15);1H. The molecule has 1 rings (SSSR count). The molecule has 3 N–H and O–H groups in total. The zero-order valence-corrected chi connectivity index (χ0v) is 13.5. The quantitative estimate of drug-likeness (QED) is 0.489. The fourth-order valence-corrected chi connectivity index (χ4v) is 1.14. The number of rotatable bonds is 4. The van der Waals surface area contributed by atoms with Crippen molar-refractivity contribution in [2.24, 2.45) is 10.7 Å². The first kappa shape index (κ1) is 16.5. The Balaban J connectivity index is 0.00000256. The molecule has 0 amide bonds. The molecule has 0 aliphatic carbocycles. The maximum absolute atomic E-state index is 5.76.